The monoisotopic (exact) mass is 455 g/mol. The van der Waals surface area contributed by atoms with Gasteiger partial charge in [-0.3, -0.25) is 9.97 Å². The maximum absolute atomic E-state index is 5.85. The lowest BCUT2D eigenvalue weighted by atomic mass is 10.0. The molecule has 0 aliphatic carbocycles. The van der Waals surface area contributed by atoms with Crippen LogP contribution < -0.4 is 10.1 Å². The van der Waals surface area contributed by atoms with Gasteiger partial charge in [-0.15, -0.1) is 0 Å². The number of hydrogen-bond donors (Lipinski definition) is 1. The molecule has 0 spiro atoms. The van der Waals surface area contributed by atoms with Gasteiger partial charge in [-0.05, 0) is 73.2 Å². The maximum Gasteiger partial charge on any atom is 0.170 e. The van der Waals surface area contributed by atoms with Gasteiger partial charge in [-0.1, -0.05) is 18.2 Å². The molecular weight excluding hydrogens is 430 g/mol. The molecule has 0 saturated carbocycles. The normalized spacial score (nSPS) is 17.8. The van der Waals surface area contributed by atoms with Gasteiger partial charge in [-0.25, -0.2) is 0 Å². The lowest BCUT2D eigenvalue weighted by Crippen LogP contribution is -2.30. The third-order valence-electron chi connectivity index (χ3n) is 6.02. The van der Waals surface area contributed by atoms with Crippen LogP contribution >= 0.6 is 12.2 Å². The van der Waals surface area contributed by atoms with Gasteiger partial charge in [0.1, 0.15) is 5.75 Å². The summed E-state index contributed by atoms with van der Waals surface area (Å²) >= 11 is 5.85. The van der Waals surface area contributed by atoms with Crippen LogP contribution in [0.15, 0.2) is 85.3 Å². The summed E-state index contributed by atoms with van der Waals surface area (Å²) in [6.07, 6.45) is 5.51. The summed E-state index contributed by atoms with van der Waals surface area (Å²) in [5.74, 6) is 0.838. The van der Waals surface area contributed by atoms with Gasteiger partial charge in [-0.2, -0.15) is 0 Å². The summed E-state index contributed by atoms with van der Waals surface area (Å²) in [5.41, 5.74) is 5.41. The smallest absolute Gasteiger partial charge is 0.170 e. The standard InChI is InChI=1S/C26H25N5OS/c1-18-8-13-23(31(18)20-6-5-14-27-16-20)25-24(22-7-3-4-15-28-22)29-26(33)30(25)17-19-9-11-21(32-2)12-10-19/h3-16,24-25H,17H2,1-2H3,(H,29,33)/t24-,25-/m0/s1. The van der Waals surface area contributed by atoms with E-state index in [1.165, 1.54) is 0 Å². The number of aromatic nitrogens is 3. The molecule has 0 unspecified atom stereocenters. The average Bonchev–Trinajstić information content (AvgIpc) is 3.40. The fourth-order valence-electron chi connectivity index (χ4n) is 4.45. The first-order valence-corrected chi connectivity index (χ1v) is 11.3. The van der Waals surface area contributed by atoms with E-state index in [1.54, 1.807) is 13.3 Å². The van der Waals surface area contributed by atoms with Crippen LogP contribution in [0.25, 0.3) is 5.69 Å². The Hall–Kier alpha value is -3.71. The number of nitrogens with one attached hydrogen (secondary N) is 1. The highest BCUT2D eigenvalue weighted by Crippen LogP contribution is 2.41. The fourth-order valence-corrected chi connectivity index (χ4v) is 4.76. The van der Waals surface area contributed by atoms with E-state index in [1.807, 2.05) is 48.8 Å². The van der Waals surface area contributed by atoms with Crippen molar-refractivity contribution in [2.24, 2.45) is 0 Å². The molecule has 6 nitrogen and oxygen atoms in total. The number of thiocarbonyl (C=S) groups is 1. The Morgan fingerprint density at radius 3 is 2.55 bits per heavy atom. The first kappa shape index (κ1) is 21.2. The minimum atomic E-state index is -0.0818. The number of rotatable bonds is 6. The number of ether oxygens (including phenoxy) is 1. The molecule has 0 bridgehead atoms. The molecule has 0 radical (unpaired) electrons. The second-order valence-electron chi connectivity index (χ2n) is 8.05. The Balaban J connectivity index is 1.60. The van der Waals surface area contributed by atoms with Gasteiger partial charge in [0.25, 0.3) is 0 Å². The number of hydrogen-bond acceptors (Lipinski definition) is 4. The quantitative estimate of drug-likeness (QED) is 0.423. The molecule has 4 heterocycles. The van der Waals surface area contributed by atoms with Crippen molar-refractivity contribution in [3.63, 3.8) is 0 Å². The van der Waals surface area contributed by atoms with E-state index in [4.69, 9.17) is 17.0 Å². The van der Waals surface area contributed by atoms with E-state index < -0.39 is 0 Å². The summed E-state index contributed by atoms with van der Waals surface area (Å²) in [5, 5.41) is 4.25. The van der Waals surface area contributed by atoms with E-state index in [0.29, 0.717) is 11.7 Å². The first-order chi connectivity index (χ1) is 16.2. The van der Waals surface area contributed by atoms with E-state index in [9.17, 15) is 0 Å². The largest absolute Gasteiger partial charge is 0.497 e. The van der Waals surface area contributed by atoms with Crippen LogP contribution in [0.5, 0.6) is 5.75 Å². The zero-order valence-corrected chi connectivity index (χ0v) is 19.4. The maximum atomic E-state index is 5.85. The van der Waals surface area contributed by atoms with Crippen molar-refractivity contribution < 1.29 is 4.74 Å². The Morgan fingerprint density at radius 2 is 1.85 bits per heavy atom. The first-order valence-electron chi connectivity index (χ1n) is 10.9. The Morgan fingerprint density at radius 1 is 1.00 bits per heavy atom. The highest BCUT2D eigenvalue weighted by molar-refractivity contribution is 7.80. The molecule has 3 aromatic heterocycles. The lowest BCUT2D eigenvalue weighted by molar-refractivity contribution is 0.302. The Bertz CT molecular complexity index is 1240. The lowest BCUT2D eigenvalue weighted by Gasteiger charge is -2.29. The predicted octanol–water partition coefficient (Wildman–Crippen LogP) is 4.76. The molecule has 2 atom stereocenters. The van der Waals surface area contributed by atoms with Crippen molar-refractivity contribution in [3.05, 3.63) is 108 Å². The summed E-state index contributed by atoms with van der Waals surface area (Å²) in [7, 11) is 1.68. The number of pyridine rings is 2. The van der Waals surface area contributed by atoms with Crippen LogP contribution in [0.1, 0.15) is 34.7 Å². The number of methoxy groups -OCH3 is 1. The summed E-state index contributed by atoms with van der Waals surface area (Å²) < 4.78 is 7.58. The summed E-state index contributed by atoms with van der Waals surface area (Å²) in [6.45, 7) is 2.78. The molecule has 1 aliphatic heterocycles. The zero-order valence-electron chi connectivity index (χ0n) is 18.6. The van der Waals surface area contributed by atoms with Crippen molar-refractivity contribution in [1.29, 1.82) is 0 Å². The van der Waals surface area contributed by atoms with E-state index >= 15 is 0 Å². The second kappa shape index (κ2) is 9.03. The Kier molecular flexibility index (Phi) is 5.79. The molecule has 1 fully saturated rings. The Labute approximate surface area is 198 Å². The van der Waals surface area contributed by atoms with Crippen molar-refractivity contribution in [2.45, 2.75) is 25.6 Å². The minimum absolute atomic E-state index is 0.0524. The molecule has 0 amide bonds. The average molecular weight is 456 g/mol. The van der Waals surface area contributed by atoms with Crippen molar-refractivity contribution in [2.75, 3.05) is 7.11 Å². The molecule has 7 heteroatoms. The van der Waals surface area contributed by atoms with Crippen molar-refractivity contribution in [1.82, 2.24) is 24.8 Å². The predicted molar refractivity (Wildman–Crippen MR) is 132 cm³/mol. The third-order valence-corrected chi connectivity index (χ3v) is 6.38. The molecule has 5 rings (SSSR count). The number of benzene rings is 1. The van der Waals surface area contributed by atoms with Crippen LogP contribution in [-0.4, -0.2) is 31.7 Å². The number of nitrogens with zero attached hydrogens (tertiary/aromatic N) is 4. The molecule has 4 aromatic rings. The van der Waals surface area contributed by atoms with E-state index in [-0.39, 0.29) is 12.1 Å². The third kappa shape index (κ3) is 4.07. The van der Waals surface area contributed by atoms with Crippen molar-refractivity contribution in [3.8, 4) is 11.4 Å². The van der Waals surface area contributed by atoms with Gasteiger partial charge in [0.2, 0.25) is 0 Å². The fraction of sp³-hybridized carbons (Fsp3) is 0.192. The van der Waals surface area contributed by atoms with Gasteiger partial charge in [0.05, 0.1) is 36.8 Å². The van der Waals surface area contributed by atoms with Crippen LogP contribution in [0.3, 0.4) is 0 Å². The summed E-state index contributed by atoms with van der Waals surface area (Å²) in [6, 6.07) is 22.4. The van der Waals surface area contributed by atoms with E-state index in [2.05, 4.69) is 62.0 Å². The second-order valence-corrected chi connectivity index (χ2v) is 8.44. The topological polar surface area (TPSA) is 55.2 Å². The van der Waals surface area contributed by atoms with Crippen LogP contribution in [0, 0.1) is 6.92 Å². The van der Waals surface area contributed by atoms with Crippen LogP contribution in [-0.2, 0) is 6.54 Å². The molecule has 33 heavy (non-hydrogen) atoms. The van der Waals surface area contributed by atoms with Gasteiger partial charge >= 0.3 is 0 Å². The van der Waals surface area contributed by atoms with Crippen LogP contribution in [0.2, 0.25) is 0 Å². The summed E-state index contributed by atoms with van der Waals surface area (Å²) in [4.78, 5) is 11.3. The molecule has 1 aliphatic rings. The van der Waals surface area contributed by atoms with Crippen molar-refractivity contribution >= 4 is 17.3 Å². The molecule has 1 aromatic carbocycles. The molecule has 1 N–H and O–H groups in total. The minimum Gasteiger partial charge on any atom is -0.497 e. The van der Waals surface area contributed by atoms with E-state index in [0.717, 1.165) is 34.1 Å². The highest BCUT2D eigenvalue weighted by atomic mass is 32.1. The molecule has 1 saturated heterocycles. The van der Waals surface area contributed by atoms with Gasteiger partial charge in [0, 0.05) is 30.3 Å². The highest BCUT2D eigenvalue weighted by Gasteiger charge is 2.41. The molecular formula is C26H25N5OS. The number of aryl methyl sites for hydroxylation is 1. The SMILES string of the molecule is COc1ccc(CN2C(=S)N[C@@H](c3ccccn3)[C@@H]2c2ccc(C)n2-c2cccnc2)cc1. The zero-order chi connectivity index (χ0) is 22.8. The van der Waals surface area contributed by atoms with Gasteiger partial charge < -0.3 is 19.5 Å². The molecule has 166 valence electrons. The van der Waals surface area contributed by atoms with Gasteiger partial charge in [0.15, 0.2) is 5.11 Å². The van der Waals surface area contributed by atoms with Crippen LogP contribution in [0.4, 0.5) is 0 Å².